The molecule has 100 valence electrons. The Labute approximate surface area is 123 Å². The van der Waals surface area contributed by atoms with Crippen LogP contribution in [0.4, 0.5) is 0 Å². The van der Waals surface area contributed by atoms with E-state index in [0.29, 0.717) is 10.2 Å². The summed E-state index contributed by atoms with van der Waals surface area (Å²) in [4.78, 5) is 0.322. The van der Waals surface area contributed by atoms with Crippen LogP contribution in [0.25, 0.3) is 0 Å². The lowest BCUT2D eigenvalue weighted by molar-refractivity contribution is 0.346. The highest BCUT2D eigenvalue weighted by Crippen LogP contribution is 2.42. The second kappa shape index (κ2) is 5.42. The third kappa shape index (κ3) is 3.42. The molecule has 3 heteroatoms. The smallest absolute Gasteiger partial charge is 0.127 e. The van der Waals surface area contributed by atoms with Gasteiger partial charge < -0.3 is 4.74 Å². The van der Waals surface area contributed by atoms with E-state index in [9.17, 15) is 0 Å². The van der Waals surface area contributed by atoms with Crippen molar-refractivity contribution in [1.29, 1.82) is 0 Å². The molecule has 1 nitrogen and oxygen atoms in total. The minimum atomic E-state index is 0.322. The average molecular weight is 332 g/mol. The lowest BCUT2D eigenvalue weighted by Gasteiger charge is -2.21. The van der Waals surface area contributed by atoms with Crippen LogP contribution in [0.15, 0.2) is 12.1 Å². The summed E-state index contributed by atoms with van der Waals surface area (Å²) >= 11 is 9.97. The van der Waals surface area contributed by atoms with E-state index >= 15 is 0 Å². The highest BCUT2D eigenvalue weighted by Gasteiger charge is 2.23. The normalized spacial score (nSPS) is 16.3. The van der Waals surface area contributed by atoms with Crippen LogP contribution in [-0.4, -0.2) is 6.61 Å². The van der Waals surface area contributed by atoms with E-state index in [1.807, 2.05) is 12.1 Å². The molecule has 1 unspecified atom stereocenters. The number of hydrogen-bond donors (Lipinski definition) is 0. The fourth-order valence-corrected chi connectivity index (χ4v) is 3.06. The largest absolute Gasteiger partial charge is 0.493 e. The van der Waals surface area contributed by atoms with Crippen LogP contribution < -0.4 is 4.74 Å². The number of fused-ring (bicyclic) bond motifs is 1. The zero-order valence-corrected chi connectivity index (χ0v) is 13.6. The third-order valence-electron chi connectivity index (χ3n) is 3.26. The molecule has 0 amide bonds. The van der Waals surface area contributed by atoms with Crippen molar-refractivity contribution in [2.45, 2.75) is 44.9 Å². The summed E-state index contributed by atoms with van der Waals surface area (Å²) in [6, 6.07) is 4.06. The van der Waals surface area contributed by atoms with Crippen molar-refractivity contribution >= 4 is 27.5 Å². The molecule has 1 aromatic rings. The van der Waals surface area contributed by atoms with E-state index in [1.54, 1.807) is 0 Å². The van der Waals surface area contributed by atoms with Crippen molar-refractivity contribution in [3.63, 3.8) is 0 Å². The standard InChI is InChI=1S/C15H20BrClO/c1-15(2,3)6-4-13(16)12-9-11(17)8-10-5-7-18-14(10)12/h8-9,13H,4-7H2,1-3H3. The zero-order chi connectivity index (χ0) is 13.3. The van der Waals surface area contributed by atoms with Gasteiger partial charge in [-0.25, -0.2) is 0 Å². The quantitative estimate of drug-likeness (QED) is 0.661. The van der Waals surface area contributed by atoms with E-state index in [4.69, 9.17) is 16.3 Å². The van der Waals surface area contributed by atoms with Crippen molar-refractivity contribution in [3.8, 4) is 5.75 Å². The molecular formula is C15H20BrClO. The van der Waals surface area contributed by atoms with Gasteiger partial charge in [-0.2, -0.15) is 0 Å². The maximum Gasteiger partial charge on any atom is 0.127 e. The molecule has 0 N–H and O–H groups in total. The summed E-state index contributed by atoms with van der Waals surface area (Å²) < 4.78 is 5.75. The summed E-state index contributed by atoms with van der Waals surface area (Å²) in [5.41, 5.74) is 2.81. The Hall–Kier alpha value is -0.210. The van der Waals surface area contributed by atoms with Crippen LogP contribution in [0, 0.1) is 5.41 Å². The molecule has 18 heavy (non-hydrogen) atoms. The van der Waals surface area contributed by atoms with Crippen molar-refractivity contribution < 1.29 is 4.74 Å². The van der Waals surface area contributed by atoms with Crippen LogP contribution in [0.1, 0.15) is 49.6 Å². The van der Waals surface area contributed by atoms with Gasteiger partial charge in [0.25, 0.3) is 0 Å². The summed E-state index contributed by atoms with van der Waals surface area (Å²) in [6.07, 6.45) is 3.24. The second-order valence-electron chi connectivity index (χ2n) is 6.15. The molecule has 1 atom stereocenters. The zero-order valence-electron chi connectivity index (χ0n) is 11.2. The fourth-order valence-electron chi connectivity index (χ4n) is 2.25. The van der Waals surface area contributed by atoms with Crippen LogP contribution in [-0.2, 0) is 6.42 Å². The number of alkyl halides is 1. The van der Waals surface area contributed by atoms with Crippen LogP contribution >= 0.6 is 27.5 Å². The van der Waals surface area contributed by atoms with Crippen molar-refractivity contribution in [2.24, 2.45) is 5.41 Å². The van der Waals surface area contributed by atoms with Crippen LogP contribution in [0.2, 0.25) is 5.02 Å². The Morgan fingerprint density at radius 2 is 2.11 bits per heavy atom. The molecule has 0 spiro atoms. The first-order valence-corrected chi connectivity index (χ1v) is 7.75. The SMILES string of the molecule is CC(C)(C)CCC(Br)c1cc(Cl)cc2c1OCC2. The Bertz CT molecular complexity index is 437. The minimum absolute atomic E-state index is 0.322. The molecule has 2 rings (SSSR count). The number of hydrogen-bond acceptors (Lipinski definition) is 1. The molecule has 1 aliphatic heterocycles. The van der Waals surface area contributed by atoms with E-state index < -0.39 is 0 Å². The van der Waals surface area contributed by atoms with E-state index in [2.05, 4.69) is 36.7 Å². The molecule has 0 saturated carbocycles. The molecule has 0 bridgehead atoms. The molecule has 0 aromatic heterocycles. The Morgan fingerprint density at radius 1 is 1.39 bits per heavy atom. The third-order valence-corrected chi connectivity index (χ3v) is 4.43. The first-order chi connectivity index (χ1) is 8.37. The molecule has 0 saturated heterocycles. The molecule has 0 radical (unpaired) electrons. The van der Waals surface area contributed by atoms with Crippen molar-refractivity contribution in [2.75, 3.05) is 6.61 Å². The summed E-state index contributed by atoms with van der Waals surface area (Å²) in [5.74, 6) is 1.05. The molecule has 1 aliphatic rings. The lowest BCUT2D eigenvalue weighted by atomic mass is 9.88. The van der Waals surface area contributed by atoms with Gasteiger partial charge in [0.15, 0.2) is 0 Å². The Morgan fingerprint density at radius 3 is 2.78 bits per heavy atom. The molecule has 1 heterocycles. The van der Waals surface area contributed by atoms with Crippen molar-refractivity contribution in [1.82, 2.24) is 0 Å². The van der Waals surface area contributed by atoms with Crippen LogP contribution in [0.5, 0.6) is 5.75 Å². The molecular weight excluding hydrogens is 312 g/mol. The van der Waals surface area contributed by atoms with Gasteiger partial charge in [-0.05, 0) is 36.0 Å². The van der Waals surface area contributed by atoms with Gasteiger partial charge in [0, 0.05) is 21.8 Å². The highest BCUT2D eigenvalue weighted by molar-refractivity contribution is 9.09. The maximum atomic E-state index is 6.19. The Balaban J connectivity index is 2.18. The predicted octanol–water partition coefficient (Wildman–Crippen LogP) is 5.54. The Kier molecular flexibility index (Phi) is 4.28. The average Bonchev–Trinajstić information content (AvgIpc) is 2.71. The fraction of sp³-hybridized carbons (Fsp3) is 0.600. The van der Waals surface area contributed by atoms with Gasteiger partial charge in [-0.1, -0.05) is 48.3 Å². The van der Waals surface area contributed by atoms with Gasteiger partial charge in [-0.3, -0.25) is 0 Å². The van der Waals surface area contributed by atoms with Gasteiger partial charge in [0.05, 0.1) is 6.61 Å². The first kappa shape index (κ1) is 14.2. The number of benzene rings is 1. The predicted molar refractivity (Wildman–Crippen MR) is 81.0 cm³/mol. The van der Waals surface area contributed by atoms with Gasteiger partial charge in [-0.15, -0.1) is 0 Å². The number of rotatable bonds is 3. The van der Waals surface area contributed by atoms with Gasteiger partial charge in [0.1, 0.15) is 5.75 Å². The summed E-state index contributed by atoms with van der Waals surface area (Å²) in [6.45, 7) is 7.59. The molecule has 1 aromatic carbocycles. The summed E-state index contributed by atoms with van der Waals surface area (Å²) in [7, 11) is 0. The lowest BCUT2D eigenvalue weighted by Crippen LogP contribution is -2.06. The minimum Gasteiger partial charge on any atom is -0.493 e. The maximum absolute atomic E-state index is 6.19. The van der Waals surface area contributed by atoms with E-state index in [-0.39, 0.29) is 0 Å². The summed E-state index contributed by atoms with van der Waals surface area (Å²) in [5, 5.41) is 0.814. The molecule has 0 fully saturated rings. The van der Waals surface area contributed by atoms with E-state index in [1.165, 1.54) is 17.5 Å². The first-order valence-electron chi connectivity index (χ1n) is 6.46. The van der Waals surface area contributed by atoms with E-state index in [0.717, 1.165) is 30.2 Å². The number of ether oxygens (including phenoxy) is 1. The topological polar surface area (TPSA) is 9.23 Å². The van der Waals surface area contributed by atoms with Crippen molar-refractivity contribution in [3.05, 3.63) is 28.3 Å². The number of halogens is 2. The highest BCUT2D eigenvalue weighted by atomic mass is 79.9. The second-order valence-corrected chi connectivity index (χ2v) is 7.69. The molecule has 0 aliphatic carbocycles. The monoisotopic (exact) mass is 330 g/mol. The van der Waals surface area contributed by atoms with Crippen LogP contribution in [0.3, 0.4) is 0 Å². The van der Waals surface area contributed by atoms with Gasteiger partial charge >= 0.3 is 0 Å². The van der Waals surface area contributed by atoms with Gasteiger partial charge in [0.2, 0.25) is 0 Å².